The number of amides is 4. The second kappa shape index (κ2) is 13.9. The fourth-order valence-corrected chi connectivity index (χ4v) is 5.51. The van der Waals surface area contributed by atoms with Crippen molar-refractivity contribution in [2.75, 3.05) is 25.9 Å². The van der Waals surface area contributed by atoms with Crippen molar-refractivity contribution in [3.05, 3.63) is 53.9 Å². The number of aromatic hydroxyl groups is 1. The number of aromatic nitrogens is 1. The summed E-state index contributed by atoms with van der Waals surface area (Å²) in [6, 6.07) is 9.31. The summed E-state index contributed by atoms with van der Waals surface area (Å²) in [5.41, 5.74) is 8.04. The second-order valence-electron chi connectivity index (χ2n) is 10.6. The first-order valence-corrected chi connectivity index (χ1v) is 15.4. The number of rotatable bonds is 10. The maximum atomic E-state index is 14.1. The summed E-state index contributed by atoms with van der Waals surface area (Å²) < 4.78 is 0. The molecule has 1 aromatic carbocycles. The molecule has 226 valence electrons. The van der Waals surface area contributed by atoms with Crippen LogP contribution >= 0.6 is 11.8 Å². The van der Waals surface area contributed by atoms with E-state index in [0.717, 1.165) is 18.4 Å². The molecule has 0 saturated carbocycles. The largest absolute Gasteiger partial charge is 0.506 e. The van der Waals surface area contributed by atoms with E-state index < -0.39 is 12.2 Å². The SMILES string of the molecule is CCCCNC(=O)N(C(C)C)N1CC(=O)N2[C@@H](Cc3ccc(O)cn3)C(=O)N(Cc3ccccc3N=C(N)SC)C[C@@H]21. The quantitative estimate of drug-likeness (QED) is 0.215. The molecule has 0 aliphatic carbocycles. The highest BCUT2D eigenvalue weighted by Gasteiger charge is 2.52. The Kier molecular flexibility index (Phi) is 10.3. The van der Waals surface area contributed by atoms with Gasteiger partial charge in [0.25, 0.3) is 0 Å². The molecule has 13 heteroatoms. The summed E-state index contributed by atoms with van der Waals surface area (Å²) in [7, 11) is 0. The highest BCUT2D eigenvalue weighted by molar-refractivity contribution is 8.13. The van der Waals surface area contributed by atoms with Gasteiger partial charge in [0.05, 0.1) is 25.0 Å². The summed E-state index contributed by atoms with van der Waals surface area (Å²) in [5.74, 6) is -0.446. The second-order valence-corrected chi connectivity index (χ2v) is 11.5. The lowest BCUT2D eigenvalue weighted by Gasteiger charge is -2.47. The summed E-state index contributed by atoms with van der Waals surface area (Å²) in [4.78, 5) is 53.1. The van der Waals surface area contributed by atoms with E-state index in [1.807, 2.05) is 44.4 Å². The van der Waals surface area contributed by atoms with Crippen molar-refractivity contribution in [3.8, 4) is 5.75 Å². The molecule has 0 radical (unpaired) electrons. The minimum Gasteiger partial charge on any atom is -0.506 e. The number of aliphatic imine (C=N–C) groups is 1. The maximum absolute atomic E-state index is 14.1. The van der Waals surface area contributed by atoms with Crippen molar-refractivity contribution < 1.29 is 19.5 Å². The van der Waals surface area contributed by atoms with Gasteiger partial charge in [-0.05, 0) is 50.3 Å². The molecular formula is C29H40N8O4S. The number of nitrogens with zero attached hydrogens (tertiary/aromatic N) is 6. The molecule has 0 spiro atoms. The van der Waals surface area contributed by atoms with E-state index in [4.69, 9.17) is 5.73 Å². The number of pyridine rings is 1. The number of thioether (sulfide) groups is 1. The number of fused-ring (bicyclic) bond motifs is 1. The first-order valence-electron chi connectivity index (χ1n) is 14.2. The number of amidine groups is 1. The zero-order chi connectivity index (χ0) is 30.4. The number of hydrogen-bond donors (Lipinski definition) is 3. The van der Waals surface area contributed by atoms with E-state index in [1.54, 1.807) is 25.9 Å². The standard InChI is InChI=1S/C29H40N8O4S/c1-5-6-13-31-29(41)37(19(2)3)35-18-26(39)36-24(14-21-11-12-22(38)15-32-21)27(40)34(17-25(35)36)16-20-9-7-8-10-23(20)33-28(30)42-4/h7-12,15,19,24-25,38H,5-6,13-14,16-18H2,1-4H3,(H2,30,33)(H,31,41)/t24-,25+/m0/s1. The predicted octanol–water partition coefficient (Wildman–Crippen LogP) is 2.66. The topological polar surface area (TPSA) is 148 Å². The normalized spacial score (nSPS) is 19.4. The molecule has 2 atom stereocenters. The summed E-state index contributed by atoms with van der Waals surface area (Å²) in [6.07, 6.45) is 4.55. The van der Waals surface area contributed by atoms with Gasteiger partial charge in [0.15, 0.2) is 5.17 Å². The van der Waals surface area contributed by atoms with Crippen LogP contribution in [-0.4, -0.2) is 97.1 Å². The zero-order valence-electron chi connectivity index (χ0n) is 24.6. The van der Waals surface area contributed by atoms with Crippen LogP contribution in [0.4, 0.5) is 10.5 Å². The van der Waals surface area contributed by atoms with Gasteiger partial charge in [0.1, 0.15) is 18.0 Å². The van der Waals surface area contributed by atoms with E-state index in [2.05, 4.69) is 22.2 Å². The Labute approximate surface area is 250 Å². The molecule has 2 saturated heterocycles. The van der Waals surface area contributed by atoms with Crippen molar-refractivity contribution in [1.29, 1.82) is 0 Å². The maximum Gasteiger partial charge on any atom is 0.332 e. The lowest BCUT2D eigenvalue weighted by atomic mass is 10.0. The van der Waals surface area contributed by atoms with Gasteiger partial charge in [-0.25, -0.2) is 9.79 Å². The third-order valence-corrected chi connectivity index (χ3v) is 7.86. The molecule has 2 aliphatic rings. The number of nitrogens with two attached hydrogens (primary N) is 1. The molecule has 2 aromatic rings. The van der Waals surface area contributed by atoms with Crippen molar-refractivity contribution in [3.63, 3.8) is 0 Å². The third kappa shape index (κ3) is 6.96. The van der Waals surface area contributed by atoms with Crippen molar-refractivity contribution in [1.82, 2.24) is 30.1 Å². The van der Waals surface area contributed by atoms with Crippen LogP contribution in [0, 0.1) is 0 Å². The Bertz CT molecular complexity index is 1300. The molecule has 4 rings (SSSR count). The van der Waals surface area contributed by atoms with E-state index in [9.17, 15) is 19.5 Å². The number of carbonyl (C=O) groups excluding carboxylic acids is 3. The first kappa shape index (κ1) is 31.1. The Morgan fingerprint density at radius 1 is 1.26 bits per heavy atom. The van der Waals surface area contributed by atoms with Crippen LogP contribution in [0.25, 0.3) is 0 Å². The lowest BCUT2D eigenvalue weighted by Crippen LogP contribution is -2.66. The van der Waals surface area contributed by atoms with Gasteiger partial charge in [-0.1, -0.05) is 43.3 Å². The van der Waals surface area contributed by atoms with Gasteiger partial charge in [-0.2, -0.15) is 5.01 Å². The number of unbranched alkanes of at least 4 members (excludes halogenated alkanes) is 1. The predicted molar refractivity (Wildman–Crippen MR) is 163 cm³/mol. The van der Waals surface area contributed by atoms with Crippen LogP contribution < -0.4 is 11.1 Å². The Morgan fingerprint density at radius 2 is 2.02 bits per heavy atom. The minimum atomic E-state index is -0.845. The number of nitrogens with one attached hydrogen (secondary N) is 1. The van der Waals surface area contributed by atoms with Crippen LogP contribution in [0.15, 0.2) is 47.6 Å². The Hall–Kier alpha value is -3.84. The number of hydrogen-bond acceptors (Lipinski definition) is 8. The van der Waals surface area contributed by atoms with Crippen LogP contribution in [0.5, 0.6) is 5.75 Å². The van der Waals surface area contributed by atoms with E-state index >= 15 is 0 Å². The molecule has 12 nitrogen and oxygen atoms in total. The molecule has 0 unspecified atom stereocenters. The molecular weight excluding hydrogens is 556 g/mol. The fourth-order valence-electron chi connectivity index (χ4n) is 5.32. The average Bonchev–Trinajstić information content (AvgIpc) is 3.27. The van der Waals surface area contributed by atoms with Crippen LogP contribution in [-0.2, 0) is 22.6 Å². The lowest BCUT2D eigenvalue weighted by molar-refractivity contribution is -0.158. The zero-order valence-corrected chi connectivity index (χ0v) is 25.4. The van der Waals surface area contributed by atoms with Gasteiger partial charge in [0.2, 0.25) is 11.8 Å². The Balaban J connectivity index is 1.70. The smallest absolute Gasteiger partial charge is 0.332 e. The summed E-state index contributed by atoms with van der Waals surface area (Å²) in [6.45, 7) is 6.81. The number of hydrazine groups is 1. The van der Waals surface area contributed by atoms with E-state index in [0.29, 0.717) is 23.1 Å². The highest BCUT2D eigenvalue weighted by Crippen LogP contribution is 2.32. The Morgan fingerprint density at radius 3 is 2.69 bits per heavy atom. The molecule has 3 heterocycles. The van der Waals surface area contributed by atoms with Crippen molar-refractivity contribution >= 4 is 40.5 Å². The van der Waals surface area contributed by atoms with Gasteiger partial charge >= 0.3 is 6.03 Å². The molecule has 2 aliphatic heterocycles. The molecule has 2 fully saturated rings. The van der Waals surface area contributed by atoms with Crippen LogP contribution in [0.1, 0.15) is 44.9 Å². The number of benzene rings is 1. The third-order valence-electron chi connectivity index (χ3n) is 7.35. The van der Waals surface area contributed by atoms with Gasteiger partial charge in [0, 0.05) is 31.2 Å². The van der Waals surface area contributed by atoms with Crippen molar-refractivity contribution in [2.45, 2.75) is 64.8 Å². The summed E-state index contributed by atoms with van der Waals surface area (Å²) >= 11 is 1.33. The van der Waals surface area contributed by atoms with Gasteiger partial charge < -0.3 is 26.0 Å². The van der Waals surface area contributed by atoms with Crippen molar-refractivity contribution in [2.24, 2.45) is 10.7 Å². The molecule has 42 heavy (non-hydrogen) atoms. The molecule has 4 amide bonds. The molecule has 1 aromatic heterocycles. The number of para-hydroxylation sites is 1. The molecule has 0 bridgehead atoms. The van der Waals surface area contributed by atoms with Gasteiger partial charge in [-0.3, -0.25) is 19.6 Å². The van der Waals surface area contributed by atoms with E-state index in [1.165, 1.54) is 24.0 Å². The summed E-state index contributed by atoms with van der Waals surface area (Å²) in [5, 5.41) is 16.5. The number of carbonyl (C=O) groups is 3. The molecule has 4 N–H and O–H groups in total. The highest BCUT2D eigenvalue weighted by atomic mass is 32.2. The average molecular weight is 597 g/mol. The monoisotopic (exact) mass is 596 g/mol. The van der Waals surface area contributed by atoms with Crippen LogP contribution in [0.3, 0.4) is 0 Å². The fraction of sp³-hybridized carbons (Fsp3) is 0.483. The number of urea groups is 1. The van der Waals surface area contributed by atoms with Crippen LogP contribution in [0.2, 0.25) is 0 Å². The first-order chi connectivity index (χ1) is 20.1. The minimum absolute atomic E-state index is 0.0139. The van der Waals surface area contributed by atoms with E-state index in [-0.39, 0.29) is 55.7 Å². The van der Waals surface area contributed by atoms with Gasteiger partial charge in [-0.15, -0.1) is 0 Å². The number of piperazine rings is 1.